The van der Waals surface area contributed by atoms with E-state index in [2.05, 4.69) is 4.98 Å². The summed E-state index contributed by atoms with van der Waals surface area (Å²) in [5.41, 5.74) is 0.424. The van der Waals surface area contributed by atoms with Gasteiger partial charge < -0.3 is 10.0 Å². The molecule has 3 atom stereocenters. The average Bonchev–Trinajstić information content (AvgIpc) is 2.73. The van der Waals surface area contributed by atoms with Crippen LogP contribution >= 0.6 is 0 Å². The van der Waals surface area contributed by atoms with Crippen LogP contribution in [-0.2, 0) is 20.4 Å². The molecule has 0 bridgehead atoms. The molecule has 0 saturated carbocycles. The molecular weight excluding hydrogens is 316 g/mol. The van der Waals surface area contributed by atoms with Crippen molar-refractivity contribution in [2.45, 2.75) is 32.4 Å². The molecule has 0 aromatic carbocycles. The number of nitrogens with zero attached hydrogens (tertiary/aromatic N) is 2. The Balaban J connectivity index is 2.10. The predicted molar refractivity (Wildman–Crippen MR) is 85.7 cm³/mol. The van der Waals surface area contributed by atoms with Crippen molar-refractivity contribution in [2.24, 2.45) is 5.41 Å². The van der Waals surface area contributed by atoms with Crippen LogP contribution in [0.4, 0.5) is 0 Å². The minimum absolute atomic E-state index is 0.306. The second-order valence-electron chi connectivity index (χ2n) is 6.57. The normalized spacial score (nSPS) is 28.8. The number of carbonyl (C=O) groups excluding carboxylic acids is 1. The van der Waals surface area contributed by atoms with Crippen molar-refractivity contribution in [3.63, 3.8) is 0 Å². The Bertz CT molecular complexity index is 742. The Hall–Kier alpha value is -2.02. The quantitative estimate of drug-likeness (QED) is 0.664. The summed E-state index contributed by atoms with van der Waals surface area (Å²) < 4.78 is 12.2. The summed E-state index contributed by atoms with van der Waals surface area (Å²) in [5, 5.41) is 9.46. The average molecular weight is 334 g/mol. The van der Waals surface area contributed by atoms with Gasteiger partial charge in [-0.1, -0.05) is 19.9 Å². The van der Waals surface area contributed by atoms with Crippen LogP contribution < -0.4 is 0 Å². The lowest BCUT2D eigenvalue weighted by atomic mass is 9.83. The number of carbonyl (C=O) groups is 2. The van der Waals surface area contributed by atoms with E-state index in [-0.39, 0.29) is 11.9 Å². The molecule has 2 aliphatic heterocycles. The van der Waals surface area contributed by atoms with Gasteiger partial charge in [0.1, 0.15) is 6.04 Å². The molecule has 122 valence electrons. The summed E-state index contributed by atoms with van der Waals surface area (Å²) in [5.74, 6) is -1.34. The molecule has 1 amide bonds. The molecule has 3 heterocycles. The molecule has 0 spiro atoms. The van der Waals surface area contributed by atoms with E-state index < -0.39 is 28.2 Å². The molecule has 2 saturated heterocycles. The van der Waals surface area contributed by atoms with Gasteiger partial charge in [-0.25, -0.2) is 4.79 Å². The van der Waals surface area contributed by atoms with E-state index >= 15 is 0 Å². The lowest BCUT2D eigenvalue weighted by Gasteiger charge is -2.41. The van der Waals surface area contributed by atoms with Crippen LogP contribution in [0.5, 0.6) is 0 Å². The van der Waals surface area contributed by atoms with Crippen molar-refractivity contribution < 1.29 is 18.9 Å². The highest BCUT2D eigenvalue weighted by Gasteiger charge is 2.61. The molecule has 6 nitrogen and oxygen atoms in total. The Labute approximate surface area is 136 Å². The maximum absolute atomic E-state index is 12.6. The number of fused-ring (bicyclic) bond motifs is 1. The zero-order chi connectivity index (χ0) is 16.9. The van der Waals surface area contributed by atoms with Crippen LogP contribution in [0, 0.1) is 5.41 Å². The van der Waals surface area contributed by atoms with Crippen LogP contribution in [0.25, 0.3) is 4.91 Å². The predicted octanol–water partition coefficient (Wildman–Crippen LogP) is 1.27. The minimum atomic E-state index is -1.39. The molecular formula is C16H18N2O4S. The minimum Gasteiger partial charge on any atom is -0.480 e. The number of aliphatic carboxylic acids is 1. The largest absolute Gasteiger partial charge is 0.480 e. The van der Waals surface area contributed by atoms with Crippen molar-refractivity contribution in [3.8, 4) is 0 Å². The summed E-state index contributed by atoms with van der Waals surface area (Å²) >= 11 is 0. The number of rotatable bonds is 3. The topological polar surface area (TPSA) is 87.6 Å². The second kappa shape index (κ2) is 5.26. The number of amides is 1. The highest BCUT2D eigenvalue weighted by molar-refractivity contribution is 7.94. The van der Waals surface area contributed by atoms with Crippen LogP contribution in [-0.4, -0.2) is 49.4 Å². The van der Waals surface area contributed by atoms with E-state index in [4.69, 9.17) is 0 Å². The highest BCUT2D eigenvalue weighted by atomic mass is 32.2. The Morgan fingerprint density at radius 2 is 2.13 bits per heavy atom. The monoisotopic (exact) mass is 334 g/mol. The number of carboxylic acid groups (broad SMARTS) is 1. The van der Waals surface area contributed by atoms with E-state index in [1.54, 1.807) is 24.4 Å². The van der Waals surface area contributed by atoms with E-state index in [1.165, 1.54) is 11.2 Å². The van der Waals surface area contributed by atoms with E-state index in [0.29, 0.717) is 22.6 Å². The molecule has 1 aromatic rings. The van der Waals surface area contributed by atoms with E-state index in [1.807, 2.05) is 13.8 Å². The molecule has 0 aliphatic carbocycles. The van der Waals surface area contributed by atoms with E-state index in [9.17, 15) is 18.9 Å². The van der Waals surface area contributed by atoms with Crippen molar-refractivity contribution in [3.05, 3.63) is 35.7 Å². The summed E-state index contributed by atoms with van der Waals surface area (Å²) in [7, 11) is -1.39. The summed E-state index contributed by atoms with van der Waals surface area (Å²) in [4.78, 5) is 30.2. The summed E-state index contributed by atoms with van der Waals surface area (Å²) in [6.45, 7) is 3.69. The first-order chi connectivity index (χ1) is 10.8. The van der Waals surface area contributed by atoms with Gasteiger partial charge in [0.15, 0.2) is 0 Å². The number of β-lactam (4-membered cyclic amide) rings is 1. The smallest absolute Gasteiger partial charge is 0.327 e. The van der Waals surface area contributed by atoms with Gasteiger partial charge in [-0.3, -0.25) is 14.0 Å². The molecule has 1 unspecified atom stereocenters. The fraction of sp³-hybridized carbons (Fsp3) is 0.438. The summed E-state index contributed by atoms with van der Waals surface area (Å²) in [6, 6.07) is 4.08. The molecule has 2 aliphatic rings. The third kappa shape index (κ3) is 2.30. The lowest BCUT2D eigenvalue weighted by molar-refractivity contribution is -0.154. The fourth-order valence-corrected chi connectivity index (χ4v) is 4.57. The van der Waals surface area contributed by atoms with Crippen LogP contribution in [0.2, 0.25) is 0 Å². The van der Waals surface area contributed by atoms with Gasteiger partial charge in [0.05, 0.1) is 33.0 Å². The van der Waals surface area contributed by atoms with Gasteiger partial charge in [0.2, 0.25) is 0 Å². The number of carboxylic acids is 1. The summed E-state index contributed by atoms with van der Waals surface area (Å²) in [6.07, 6.45) is 3.64. The molecule has 1 N–H and O–H groups in total. The second-order valence-corrected chi connectivity index (χ2v) is 7.89. The van der Waals surface area contributed by atoms with Crippen LogP contribution in [0.1, 0.15) is 26.0 Å². The maximum Gasteiger partial charge on any atom is 0.327 e. The van der Waals surface area contributed by atoms with Gasteiger partial charge in [0, 0.05) is 12.5 Å². The van der Waals surface area contributed by atoms with Crippen LogP contribution in [0.3, 0.4) is 0 Å². The van der Waals surface area contributed by atoms with Crippen molar-refractivity contribution in [2.75, 3.05) is 6.26 Å². The zero-order valence-electron chi connectivity index (χ0n) is 13.1. The molecule has 2 fully saturated rings. The van der Waals surface area contributed by atoms with Crippen molar-refractivity contribution in [1.29, 1.82) is 0 Å². The first-order valence-corrected chi connectivity index (χ1v) is 8.86. The van der Waals surface area contributed by atoms with Gasteiger partial charge in [0.25, 0.3) is 5.91 Å². The zero-order valence-corrected chi connectivity index (χ0v) is 14.0. The standard InChI is InChI=1S/C16H18N2O4S/c1-16(2)8-10-11(14(19)18(10)13(16)15(20)21)12(23(3)22)9-6-4-5-7-17-9/h4-7,10,13H,8H2,1-3H3,(H,20,21)/b12-11-/t10?,13-,23+/m0/s1. The highest BCUT2D eigenvalue weighted by Crippen LogP contribution is 2.50. The SMILES string of the molecule is C[S@@](=O)/C(=C1\C(=O)N2C1CC(C)(C)[C@@H]2C(=O)O)c1ccccn1. The Morgan fingerprint density at radius 1 is 1.43 bits per heavy atom. The molecule has 3 rings (SSSR count). The number of hydrogen-bond donors (Lipinski definition) is 1. The Morgan fingerprint density at radius 3 is 2.65 bits per heavy atom. The van der Waals surface area contributed by atoms with Gasteiger partial charge in [-0.05, 0) is 24.0 Å². The number of hydrogen-bond acceptors (Lipinski definition) is 4. The molecule has 1 aromatic heterocycles. The first-order valence-electron chi connectivity index (χ1n) is 7.30. The van der Waals surface area contributed by atoms with Gasteiger partial charge >= 0.3 is 5.97 Å². The number of aromatic nitrogens is 1. The maximum atomic E-state index is 12.6. The first kappa shape index (κ1) is 15.9. The third-order valence-electron chi connectivity index (χ3n) is 4.54. The van der Waals surface area contributed by atoms with Crippen molar-refractivity contribution >= 4 is 27.6 Å². The molecule has 7 heteroatoms. The van der Waals surface area contributed by atoms with Crippen molar-refractivity contribution in [1.82, 2.24) is 9.88 Å². The van der Waals surface area contributed by atoms with E-state index in [0.717, 1.165) is 0 Å². The lowest BCUT2D eigenvalue weighted by Crippen LogP contribution is -2.58. The molecule has 0 radical (unpaired) electrons. The number of pyridine rings is 1. The Kier molecular flexibility index (Phi) is 3.63. The third-order valence-corrected chi connectivity index (χ3v) is 5.54. The molecule has 23 heavy (non-hydrogen) atoms. The van der Waals surface area contributed by atoms with Gasteiger partial charge in [-0.2, -0.15) is 0 Å². The van der Waals surface area contributed by atoms with Gasteiger partial charge in [-0.15, -0.1) is 0 Å². The van der Waals surface area contributed by atoms with Crippen LogP contribution in [0.15, 0.2) is 30.0 Å². The fourth-order valence-electron chi connectivity index (χ4n) is 3.62.